The molecule has 20 heavy (non-hydrogen) atoms. The van der Waals surface area contributed by atoms with Crippen LogP contribution in [0.15, 0.2) is 24.5 Å². The van der Waals surface area contributed by atoms with E-state index in [-0.39, 0.29) is 18.2 Å². The van der Waals surface area contributed by atoms with Gasteiger partial charge in [0.15, 0.2) is 5.82 Å². The predicted octanol–water partition coefficient (Wildman–Crippen LogP) is 0.953. The number of nitrogens with one attached hydrogen (secondary N) is 1. The van der Waals surface area contributed by atoms with Crippen LogP contribution in [0.4, 0.5) is 11.6 Å². The van der Waals surface area contributed by atoms with Crippen molar-refractivity contribution < 1.29 is 9.66 Å². The van der Waals surface area contributed by atoms with E-state index in [1.165, 1.54) is 18.5 Å². The van der Waals surface area contributed by atoms with Gasteiger partial charge in [0.05, 0.1) is 18.1 Å². The van der Waals surface area contributed by atoms with Crippen LogP contribution in [0.3, 0.4) is 0 Å². The van der Waals surface area contributed by atoms with E-state index >= 15 is 0 Å². The second kappa shape index (κ2) is 5.89. The number of aromatic nitrogens is 3. The van der Waals surface area contributed by atoms with Crippen LogP contribution < -0.4 is 16.0 Å². The van der Waals surface area contributed by atoms with Crippen LogP contribution in [-0.4, -0.2) is 19.9 Å². The first-order chi connectivity index (χ1) is 9.60. The van der Waals surface area contributed by atoms with Crippen molar-refractivity contribution in [3.05, 3.63) is 46.0 Å². The van der Waals surface area contributed by atoms with E-state index in [4.69, 9.17) is 10.6 Å². The maximum atomic E-state index is 10.9. The molecule has 3 N–H and O–H groups in total. The van der Waals surface area contributed by atoms with Crippen molar-refractivity contribution in [2.75, 3.05) is 5.43 Å². The Balaban J connectivity index is 2.12. The minimum atomic E-state index is -0.588. The summed E-state index contributed by atoms with van der Waals surface area (Å²) in [6.45, 7) is 1.71. The van der Waals surface area contributed by atoms with Gasteiger partial charge >= 0.3 is 5.82 Å². The van der Waals surface area contributed by atoms with Crippen LogP contribution in [-0.2, 0) is 6.61 Å². The van der Waals surface area contributed by atoms with E-state index in [2.05, 4.69) is 20.4 Å². The molecule has 0 unspecified atom stereocenters. The zero-order valence-corrected chi connectivity index (χ0v) is 10.6. The summed E-state index contributed by atoms with van der Waals surface area (Å²) in [6, 6.07) is 3.14. The number of hydrogen-bond acceptors (Lipinski definition) is 8. The van der Waals surface area contributed by atoms with Gasteiger partial charge in [-0.25, -0.2) is 10.8 Å². The minimum Gasteiger partial charge on any atom is -0.479 e. The highest BCUT2D eigenvalue weighted by Crippen LogP contribution is 2.25. The van der Waals surface area contributed by atoms with E-state index in [1.54, 1.807) is 13.0 Å². The summed E-state index contributed by atoms with van der Waals surface area (Å²) < 4.78 is 5.35. The van der Waals surface area contributed by atoms with Gasteiger partial charge in [-0.1, -0.05) is 0 Å². The van der Waals surface area contributed by atoms with E-state index < -0.39 is 4.92 Å². The molecular formula is C11H12N6O3. The molecule has 0 aliphatic carbocycles. The molecule has 0 radical (unpaired) electrons. The van der Waals surface area contributed by atoms with Gasteiger partial charge in [0.1, 0.15) is 12.3 Å². The molecule has 2 heterocycles. The average Bonchev–Trinajstić information content (AvgIpc) is 2.46. The summed E-state index contributed by atoms with van der Waals surface area (Å²) in [4.78, 5) is 22.1. The molecule has 0 atom stereocenters. The molecule has 0 bridgehead atoms. The first-order valence-corrected chi connectivity index (χ1v) is 5.62. The highest BCUT2D eigenvalue weighted by Gasteiger charge is 2.17. The van der Waals surface area contributed by atoms with Crippen LogP contribution in [0.2, 0.25) is 0 Å². The third kappa shape index (κ3) is 3.14. The van der Waals surface area contributed by atoms with Crippen LogP contribution >= 0.6 is 0 Å². The molecule has 0 saturated heterocycles. The van der Waals surface area contributed by atoms with Crippen molar-refractivity contribution in [3.63, 3.8) is 0 Å². The molecule has 2 aromatic heterocycles. The van der Waals surface area contributed by atoms with Crippen LogP contribution in [0.1, 0.15) is 11.4 Å². The number of anilines is 1. The number of nitrogens with zero attached hydrogens (tertiary/aromatic N) is 4. The Hall–Kier alpha value is -2.81. The number of ether oxygens (including phenoxy) is 1. The molecule has 0 aromatic carbocycles. The third-order valence-electron chi connectivity index (χ3n) is 2.38. The third-order valence-corrected chi connectivity index (χ3v) is 2.38. The van der Waals surface area contributed by atoms with Gasteiger partial charge in [0.25, 0.3) is 0 Å². The van der Waals surface area contributed by atoms with Gasteiger partial charge in [0, 0.05) is 6.92 Å². The summed E-state index contributed by atoms with van der Waals surface area (Å²) >= 11 is 0. The van der Waals surface area contributed by atoms with Gasteiger partial charge in [-0.2, -0.15) is 0 Å². The molecule has 0 aliphatic rings. The van der Waals surface area contributed by atoms with E-state index in [0.29, 0.717) is 17.2 Å². The van der Waals surface area contributed by atoms with Gasteiger partial charge in [-0.15, -0.1) is 0 Å². The summed E-state index contributed by atoms with van der Waals surface area (Å²) in [5.41, 5.74) is 3.40. The summed E-state index contributed by atoms with van der Waals surface area (Å²) in [7, 11) is 0. The number of nitrogens with two attached hydrogens (primary N) is 1. The molecular weight excluding hydrogens is 264 g/mol. The Kier molecular flexibility index (Phi) is 4.01. The quantitative estimate of drug-likeness (QED) is 0.469. The van der Waals surface area contributed by atoms with Gasteiger partial charge in [-0.3, -0.25) is 4.98 Å². The average molecular weight is 276 g/mol. The maximum Gasteiger partial charge on any atom is 0.406 e. The first-order valence-electron chi connectivity index (χ1n) is 5.62. The fourth-order valence-corrected chi connectivity index (χ4v) is 1.43. The molecule has 0 fully saturated rings. The lowest BCUT2D eigenvalue weighted by Gasteiger charge is -2.06. The summed E-state index contributed by atoms with van der Waals surface area (Å²) in [5.74, 6) is 5.34. The van der Waals surface area contributed by atoms with Gasteiger partial charge in [0.2, 0.25) is 5.75 Å². The summed E-state index contributed by atoms with van der Waals surface area (Å²) in [5, 5.41) is 10.9. The fraction of sp³-hybridized carbons (Fsp3) is 0.182. The van der Waals surface area contributed by atoms with Crippen LogP contribution in [0.5, 0.6) is 5.75 Å². The second-order valence-electron chi connectivity index (χ2n) is 3.86. The molecule has 0 spiro atoms. The molecule has 0 saturated carbocycles. The maximum absolute atomic E-state index is 10.9. The number of nitrogen functional groups attached to an aromatic ring is 1. The zero-order chi connectivity index (χ0) is 14.5. The van der Waals surface area contributed by atoms with Crippen molar-refractivity contribution in [1.29, 1.82) is 0 Å². The lowest BCUT2D eigenvalue weighted by Crippen LogP contribution is -2.09. The fourth-order valence-electron chi connectivity index (χ4n) is 1.43. The highest BCUT2D eigenvalue weighted by molar-refractivity contribution is 5.40. The van der Waals surface area contributed by atoms with Crippen molar-refractivity contribution in [1.82, 2.24) is 15.0 Å². The topological polar surface area (TPSA) is 129 Å². The summed E-state index contributed by atoms with van der Waals surface area (Å²) in [6.07, 6.45) is 2.89. The van der Waals surface area contributed by atoms with Crippen molar-refractivity contribution in [2.24, 2.45) is 5.84 Å². The number of hydrazine groups is 1. The molecule has 9 nitrogen and oxygen atoms in total. The normalized spacial score (nSPS) is 10.1. The number of aryl methyl sites for hydroxylation is 1. The second-order valence-corrected chi connectivity index (χ2v) is 3.86. The lowest BCUT2D eigenvalue weighted by molar-refractivity contribution is -0.390. The Morgan fingerprint density at radius 1 is 1.40 bits per heavy atom. The van der Waals surface area contributed by atoms with E-state index in [9.17, 15) is 10.1 Å². The van der Waals surface area contributed by atoms with Crippen molar-refractivity contribution >= 4 is 11.6 Å². The molecule has 0 aliphatic heterocycles. The Labute approximate surface area is 114 Å². The SMILES string of the molecule is Cc1ccc(OCc2cnc(NN)cn2)c([N+](=O)[O-])n1. The number of nitro groups is 1. The Bertz CT molecular complexity index is 616. The minimum absolute atomic E-state index is 0.0451. The van der Waals surface area contributed by atoms with E-state index in [0.717, 1.165) is 0 Å². The molecule has 2 aromatic rings. The van der Waals surface area contributed by atoms with Crippen molar-refractivity contribution in [2.45, 2.75) is 13.5 Å². The standard InChI is InChI=1S/C11H12N6O3/c1-7-2-3-9(11(15-7)17(18)19)20-6-8-4-14-10(16-12)5-13-8/h2-5H,6,12H2,1H3,(H,14,16). The number of rotatable bonds is 5. The van der Waals surface area contributed by atoms with Gasteiger partial charge in [-0.05, 0) is 22.0 Å². The van der Waals surface area contributed by atoms with Gasteiger partial charge < -0.3 is 20.3 Å². The molecule has 9 heteroatoms. The molecule has 104 valence electrons. The Morgan fingerprint density at radius 2 is 2.20 bits per heavy atom. The predicted molar refractivity (Wildman–Crippen MR) is 69.8 cm³/mol. The zero-order valence-electron chi connectivity index (χ0n) is 10.6. The smallest absolute Gasteiger partial charge is 0.406 e. The van der Waals surface area contributed by atoms with E-state index in [1.807, 2.05) is 0 Å². The van der Waals surface area contributed by atoms with Crippen LogP contribution in [0, 0.1) is 17.0 Å². The number of hydrogen-bond donors (Lipinski definition) is 2. The Morgan fingerprint density at radius 3 is 2.80 bits per heavy atom. The number of pyridine rings is 1. The largest absolute Gasteiger partial charge is 0.479 e. The molecule has 0 amide bonds. The highest BCUT2D eigenvalue weighted by atomic mass is 16.6. The van der Waals surface area contributed by atoms with Crippen LogP contribution in [0.25, 0.3) is 0 Å². The monoisotopic (exact) mass is 276 g/mol. The molecule has 2 rings (SSSR count). The van der Waals surface area contributed by atoms with Crippen molar-refractivity contribution in [3.8, 4) is 5.75 Å². The first kappa shape index (κ1) is 13.6. The lowest BCUT2D eigenvalue weighted by atomic mass is 10.3.